The summed E-state index contributed by atoms with van der Waals surface area (Å²) in [6.07, 6.45) is 6.09. The van der Waals surface area contributed by atoms with Crippen molar-refractivity contribution in [1.82, 2.24) is 19.9 Å². The van der Waals surface area contributed by atoms with Gasteiger partial charge in [0, 0.05) is 51.3 Å². The van der Waals surface area contributed by atoms with Gasteiger partial charge in [-0.25, -0.2) is 13.2 Å². The first kappa shape index (κ1) is 19.1. The van der Waals surface area contributed by atoms with Crippen LogP contribution in [0.4, 0.5) is 4.79 Å². The van der Waals surface area contributed by atoms with Crippen LogP contribution in [-0.4, -0.2) is 62.6 Å². The number of nitrogens with zero attached hydrogens (tertiary/aromatic N) is 2. The fourth-order valence-corrected chi connectivity index (χ4v) is 4.75. The van der Waals surface area contributed by atoms with Crippen molar-refractivity contribution in [3.05, 3.63) is 24.5 Å². The minimum atomic E-state index is -3.48. The highest BCUT2D eigenvalue weighted by Crippen LogP contribution is 2.23. The van der Waals surface area contributed by atoms with E-state index in [0.29, 0.717) is 32.8 Å². The number of ether oxygens (including phenoxy) is 1. The lowest BCUT2D eigenvalue weighted by atomic mass is 9.98. The molecule has 1 aromatic rings. The van der Waals surface area contributed by atoms with E-state index < -0.39 is 10.0 Å². The molecule has 0 radical (unpaired) electrons. The molecule has 0 atom stereocenters. The van der Waals surface area contributed by atoms with Crippen molar-refractivity contribution in [3.63, 3.8) is 0 Å². The minimum Gasteiger partial charge on any atom is -0.381 e. The number of hydrogen-bond donors (Lipinski definition) is 2. The monoisotopic (exact) mass is 382 g/mol. The van der Waals surface area contributed by atoms with Crippen LogP contribution in [0.3, 0.4) is 0 Å². The molecule has 2 saturated heterocycles. The highest BCUT2D eigenvalue weighted by atomic mass is 32.2. The molecule has 3 heterocycles. The lowest BCUT2D eigenvalue weighted by Crippen LogP contribution is -2.47. The standard InChI is InChI=1S/C17H26N4O4S/c22-17(20-15-5-10-25-11-6-15)19-12-14-3-8-21(9-4-14)26(23,24)16-2-1-7-18-13-16/h1-2,7,13-15H,3-6,8-12H2,(H2,19,20,22). The second kappa shape index (κ2) is 8.79. The van der Waals surface area contributed by atoms with Crippen LogP contribution in [0.25, 0.3) is 0 Å². The molecule has 8 nitrogen and oxygen atoms in total. The quantitative estimate of drug-likeness (QED) is 0.790. The highest BCUT2D eigenvalue weighted by Gasteiger charge is 2.29. The Labute approximate surface area is 154 Å². The number of piperidine rings is 1. The van der Waals surface area contributed by atoms with Gasteiger partial charge in [-0.05, 0) is 43.7 Å². The van der Waals surface area contributed by atoms with E-state index in [-0.39, 0.29) is 22.9 Å². The summed E-state index contributed by atoms with van der Waals surface area (Å²) in [5.41, 5.74) is 0. The van der Waals surface area contributed by atoms with Crippen LogP contribution in [0.2, 0.25) is 0 Å². The number of nitrogens with one attached hydrogen (secondary N) is 2. The van der Waals surface area contributed by atoms with E-state index in [9.17, 15) is 13.2 Å². The molecule has 144 valence electrons. The first-order valence-electron chi connectivity index (χ1n) is 9.08. The average Bonchev–Trinajstić information content (AvgIpc) is 2.68. The number of urea groups is 1. The van der Waals surface area contributed by atoms with E-state index >= 15 is 0 Å². The molecular formula is C17H26N4O4S. The van der Waals surface area contributed by atoms with Crippen molar-refractivity contribution >= 4 is 16.1 Å². The molecule has 0 aromatic carbocycles. The molecule has 0 unspecified atom stereocenters. The summed E-state index contributed by atoms with van der Waals surface area (Å²) in [6.45, 7) is 2.87. The number of rotatable bonds is 5. The summed E-state index contributed by atoms with van der Waals surface area (Å²) >= 11 is 0. The zero-order chi connectivity index (χ0) is 18.4. The maximum Gasteiger partial charge on any atom is 0.315 e. The first-order valence-corrected chi connectivity index (χ1v) is 10.5. The van der Waals surface area contributed by atoms with Crippen LogP contribution in [0, 0.1) is 5.92 Å². The van der Waals surface area contributed by atoms with Crippen LogP contribution >= 0.6 is 0 Å². The zero-order valence-corrected chi connectivity index (χ0v) is 15.6. The number of carbonyl (C=O) groups excluding carboxylic acids is 1. The van der Waals surface area contributed by atoms with Crippen LogP contribution < -0.4 is 10.6 Å². The molecule has 2 aliphatic rings. The summed E-state index contributed by atoms with van der Waals surface area (Å²) in [5, 5.41) is 5.89. The van der Waals surface area contributed by atoms with Gasteiger partial charge in [0.05, 0.1) is 0 Å². The molecule has 2 N–H and O–H groups in total. The maximum atomic E-state index is 12.6. The molecular weight excluding hydrogens is 356 g/mol. The summed E-state index contributed by atoms with van der Waals surface area (Å²) in [7, 11) is -3.48. The smallest absolute Gasteiger partial charge is 0.315 e. The van der Waals surface area contributed by atoms with Gasteiger partial charge in [-0.15, -0.1) is 0 Å². The van der Waals surface area contributed by atoms with Crippen molar-refractivity contribution in [2.24, 2.45) is 5.92 Å². The van der Waals surface area contributed by atoms with Gasteiger partial charge >= 0.3 is 6.03 Å². The van der Waals surface area contributed by atoms with E-state index in [1.54, 1.807) is 18.3 Å². The molecule has 2 aliphatic heterocycles. The van der Waals surface area contributed by atoms with Gasteiger partial charge in [0.2, 0.25) is 10.0 Å². The number of hydrogen-bond acceptors (Lipinski definition) is 5. The van der Waals surface area contributed by atoms with E-state index in [4.69, 9.17) is 4.74 Å². The molecule has 0 saturated carbocycles. The molecule has 9 heteroatoms. The number of amides is 2. The minimum absolute atomic E-state index is 0.151. The van der Waals surface area contributed by atoms with Gasteiger partial charge in [0.1, 0.15) is 4.90 Å². The summed E-state index contributed by atoms with van der Waals surface area (Å²) in [6, 6.07) is 3.22. The van der Waals surface area contributed by atoms with Crippen molar-refractivity contribution in [3.8, 4) is 0 Å². The number of pyridine rings is 1. The Kier molecular flexibility index (Phi) is 6.44. The molecule has 2 fully saturated rings. The Balaban J connectivity index is 1.42. The number of sulfonamides is 1. The lowest BCUT2D eigenvalue weighted by molar-refractivity contribution is 0.0800. The Hall–Kier alpha value is -1.71. The van der Waals surface area contributed by atoms with Crippen molar-refractivity contribution < 1.29 is 17.9 Å². The average molecular weight is 382 g/mol. The van der Waals surface area contributed by atoms with Gasteiger partial charge in [-0.1, -0.05) is 0 Å². The fourth-order valence-electron chi connectivity index (χ4n) is 3.32. The lowest BCUT2D eigenvalue weighted by Gasteiger charge is -2.31. The number of carbonyl (C=O) groups is 1. The van der Waals surface area contributed by atoms with Crippen molar-refractivity contribution in [2.75, 3.05) is 32.8 Å². The molecule has 2 amide bonds. The third kappa shape index (κ3) is 4.93. The van der Waals surface area contributed by atoms with Gasteiger partial charge in [-0.3, -0.25) is 4.98 Å². The Morgan fingerprint density at radius 2 is 1.96 bits per heavy atom. The predicted octanol–water partition coefficient (Wildman–Crippen LogP) is 0.960. The van der Waals surface area contributed by atoms with Crippen molar-refractivity contribution in [2.45, 2.75) is 36.6 Å². The van der Waals surface area contributed by atoms with Crippen LogP contribution in [-0.2, 0) is 14.8 Å². The largest absolute Gasteiger partial charge is 0.381 e. The topological polar surface area (TPSA) is 101 Å². The van der Waals surface area contributed by atoms with Gasteiger partial charge in [0.25, 0.3) is 0 Å². The molecule has 0 spiro atoms. The van der Waals surface area contributed by atoms with E-state index in [0.717, 1.165) is 25.7 Å². The number of aromatic nitrogens is 1. The second-order valence-corrected chi connectivity index (χ2v) is 8.72. The summed E-state index contributed by atoms with van der Waals surface area (Å²) < 4.78 is 31.9. The molecule has 3 rings (SSSR count). The Bertz CT molecular complexity index is 684. The molecule has 0 aliphatic carbocycles. The highest BCUT2D eigenvalue weighted by molar-refractivity contribution is 7.89. The molecule has 26 heavy (non-hydrogen) atoms. The van der Waals surface area contributed by atoms with Crippen LogP contribution in [0.5, 0.6) is 0 Å². The SMILES string of the molecule is O=C(NCC1CCN(S(=O)(=O)c2cccnc2)CC1)NC1CCOCC1. The predicted molar refractivity (Wildman–Crippen MR) is 96.1 cm³/mol. The normalized spacial score (nSPS) is 20.6. The van der Waals surface area contributed by atoms with Gasteiger partial charge in [-0.2, -0.15) is 4.31 Å². The van der Waals surface area contributed by atoms with Crippen LogP contribution in [0.15, 0.2) is 29.4 Å². The van der Waals surface area contributed by atoms with E-state index in [2.05, 4.69) is 15.6 Å². The van der Waals surface area contributed by atoms with Crippen molar-refractivity contribution in [1.29, 1.82) is 0 Å². The van der Waals surface area contributed by atoms with Gasteiger partial charge < -0.3 is 15.4 Å². The maximum absolute atomic E-state index is 12.6. The third-order valence-electron chi connectivity index (χ3n) is 4.95. The van der Waals surface area contributed by atoms with E-state index in [1.165, 1.54) is 10.5 Å². The summed E-state index contributed by atoms with van der Waals surface area (Å²) in [4.78, 5) is 16.1. The second-order valence-electron chi connectivity index (χ2n) is 6.78. The first-order chi connectivity index (χ1) is 12.6. The van der Waals surface area contributed by atoms with Crippen LogP contribution in [0.1, 0.15) is 25.7 Å². The fraction of sp³-hybridized carbons (Fsp3) is 0.647. The van der Waals surface area contributed by atoms with E-state index in [1.807, 2.05) is 0 Å². The molecule has 0 bridgehead atoms. The summed E-state index contributed by atoms with van der Waals surface area (Å²) in [5.74, 6) is 0.288. The third-order valence-corrected chi connectivity index (χ3v) is 6.84. The zero-order valence-electron chi connectivity index (χ0n) is 14.8. The van der Waals surface area contributed by atoms with Gasteiger partial charge in [0.15, 0.2) is 0 Å². The Morgan fingerprint density at radius 3 is 2.62 bits per heavy atom. The Morgan fingerprint density at radius 1 is 1.23 bits per heavy atom. The molecule has 1 aromatic heterocycles.